The van der Waals surface area contributed by atoms with Crippen molar-refractivity contribution in [3.05, 3.63) is 60.2 Å². The van der Waals surface area contributed by atoms with Gasteiger partial charge in [0.2, 0.25) is 0 Å². The van der Waals surface area contributed by atoms with Crippen LogP contribution in [0.2, 0.25) is 0 Å². The highest BCUT2D eigenvalue weighted by atomic mass is 16.6. The Morgan fingerprint density at radius 2 is 1.63 bits per heavy atom. The number of anilines is 1. The molecule has 0 aliphatic rings. The van der Waals surface area contributed by atoms with E-state index >= 15 is 0 Å². The summed E-state index contributed by atoms with van der Waals surface area (Å²) >= 11 is 0. The molecule has 0 fully saturated rings. The lowest BCUT2D eigenvalue weighted by molar-refractivity contribution is 0.0450. The Labute approximate surface area is 111 Å². The van der Waals surface area contributed by atoms with Gasteiger partial charge < -0.3 is 15.2 Å². The molecule has 0 aliphatic heterocycles. The van der Waals surface area contributed by atoms with Crippen LogP contribution in [0.1, 0.15) is 10.4 Å². The maximum Gasteiger partial charge on any atom is 0.338 e. The topological polar surface area (TPSA) is 61.6 Å². The molecule has 0 spiro atoms. The van der Waals surface area contributed by atoms with Crippen molar-refractivity contribution >= 4 is 11.7 Å². The Kier molecular flexibility index (Phi) is 4.39. The third-order valence-corrected chi connectivity index (χ3v) is 2.47. The van der Waals surface area contributed by atoms with E-state index in [9.17, 15) is 4.79 Å². The SMILES string of the molecule is Nc1ccc(C(=O)OCCOc2ccccc2)cc1. The minimum absolute atomic E-state index is 0.206. The molecular weight excluding hydrogens is 242 g/mol. The van der Waals surface area contributed by atoms with Gasteiger partial charge >= 0.3 is 5.97 Å². The Morgan fingerprint density at radius 3 is 2.32 bits per heavy atom. The summed E-state index contributed by atoms with van der Waals surface area (Å²) in [5.41, 5.74) is 6.64. The fourth-order valence-corrected chi connectivity index (χ4v) is 1.51. The molecule has 0 saturated heterocycles. The molecule has 2 aromatic carbocycles. The first-order chi connectivity index (χ1) is 9.25. The van der Waals surface area contributed by atoms with Gasteiger partial charge in [-0.3, -0.25) is 0 Å². The van der Waals surface area contributed by atoms with Gasteiger partial charge in [-0.05, 0) is 36.4 Å². The number of carbonyl (C=O) groups is 1. The van der Waals surface area contributed by atoms with Crippen molar-refractivity contribution in [2.75, 3.05) is 18.9 Å². The second-order valence-corrected chi connectivity index (χ2v) is 3.92. The van der Waals surface area contributed by atoms with Gasteiger partial charge in [0.15, 0.2) is 0 Å². The number of benzene rings is 2. The van der Waals surface area contributed by atoms with Crippen molar-refractivity contribution in [2.45, 2.75) is 0 Å². The van der Waals surface area contributed by atoms with Crippen molar-refractivity contribution < 1.29 is 14.3 Å². The van der Waals surface area contributed by atoms with E-state index in [1.807, 2.05) is 30.3 Å². The predicted octanol–water partition coefficient (Wildman–Crippen LogP) is 2.50. The molecule has 0 bridgehead atoms. The van der Waals surface area contributed by atoms with Gasteiger partial charge in [0, 0.05) is 5.69 Å². The van der Waals surface area contributed by atoms with E-state index in [0.717, 1.165) is 5.75 Å². The molecule has 0 saturated carbocycles. The summed E-state index contributed by atoms with van der Waals surface area (Å²) < 4.78 is 10.5. The van der Waals surface area contributed by atoms with Gasteiger partial charge in [0.25, 0.3) is 0 Å². The predicted molar refractivity (Wildman–Crippen MR) is 73.1 cm³/mol. The van der Waals surface area contributed by atoms with Gasteiger partial charge in [-0.15, -0.1) is 0 Å². The lowest BCUT2D eigenvalue weighted by Crippen LogP contribution is -2.12. The van der Waals surface area contributed by atoms with Crippen LogP contribution >= 0.6 is 0 Å². The van der Waals surface area contributed by atoms with Crippen molar-refractivity contribution in [3.8, 4) is 5.75 Å². The number of para-hydroxylation sites is 1. The zero-order chi connectivity index (χ0) is 13.5. The highest BCUT2D eigenvalue weighted by Crippen LogP contribution is 2.09. The van der Waals surface area contributed by atoms with Gasteiger partial charge in [-0.1, -0.05) is 18.2 Å². The van der Waals surface area contributed by atoms with E-state index in [1.165, 1.54) is 0 Å². The minimum atomic E-state index is -0.378. The standard InChI is InChI=1S/C15H15NO3/c16-13-8-6-12(7-9-13)15(17)19-11-10-18-14-4-2-1-3-5-14/h1-9H,10-11,16H2. The van der Waals surface area contributed by atoms with Gasteiger partial charge in [0.05, 0.1) is 5.56 Å². The Hall–Kier alpha value is -2.49. The maximum absolute atomic E-state index is 11.6. The zero-order valence-corrected chi connectivity index (χ0v) is 10.4. The first kappa shape index (κ1) is 13.0. The van der Waals surface area contributed by atoms with E-state index in [0.29, 0.717) is 17.9 Å². The van der Waals surface area contributed by atoms with Crippen LogP contribution in [0, 0.1) is 0 Å². The average molecular weight is 257 g/mol. The van der Waals surface area contributed by atoms with Crippen LogP contribution < -0.4 is 10.5 Å². The van der Waals surface area contributed by atoms with Crippen molar-refractivity contribution in [2.24, 2.45) is 0 Å². The van der Waals surface area contributed by atoms with Crippen LogP contribution in [0.3, 0.4) is 0 Å². The number of rotatable bonds is 5. The van der Waals surface area contributed by atoms with Crippen LogP contribution in [0.4, 0.5) is 5.69 Å². The molecule has 98 valence electrons. The first-order valence-electron chi connectivity index (χ1n) is 5.96. The van der Waals surface area contributed by atoms with Crippen molar-refractivity contribution in [3.63, 3.8) is 0 Å². The van der Waals surface area contributed by atoms with Crippen LogP contribution in [0.15, 0.2) is 54.6 Å². The number of hydrogen-bond donors (Lipinski definition) is 1. The smallest absolute Gasteiger partial charge is 0.338 e. The molecule has 0 atom stereocenters. The van der Waals surface area contributed by atoms with E-state index in [2.05, 4.69) is 0 Å². The lowest BCUT2D eigenvalue weighted by atomic mass is 10.2. The Balaban J connectivity index is 1.74. The van der Waals surface area contributed by atoms with Crippen molar-refractivity contribution in [1.29, 1.82) is 0 Å². The summed E-state index contributed by atoms with van der Waals surface area (Å²) in [6.45, 7) is 0.531. The van der Waals surface area contributed by atoms with E-state index in [4.69, 9.17) is 15.2 Å². The summed E-state index contributed by atoms with van der Waals surface area (Å²) in [6, 6.07) is 16.0. The van der Waals surface area contributed by atoms with Gasteiger partial charge in [-0.2, -0.15) is 0 Å². The molecule has 0 aliphatic carbocycles. The van der Waals surface area contributed by atoms with E-state index in [1.54, 1.807) is 24.3 Å². The minimum Gasteiger partial charge on any atom is -0.490 e. The Bertz CT molecular complexity index is 523. The molecule has 0 heterocycles. The summed E-state index contributed by atoms with van der Waals surface area (Å²) in [5, 5.41) is 0. The fourth-order valence-electron chi connectivity index (χ4n) is 1.51. The molecule has 2 aromatic rings. The lowest BCUT2D eigenvalue weighted by Gasteiger charge is -2.07. The molecule has 4 heteroatoms. The molecule has 19 heavy (non-hydrogen) atoms. The molecular formula is C15H15NO3. The van der Waals surface area contributed by atoms with Gasteiger partial charge in [-0.25, -0.2) is 4.79 Å². The molecule has 0 amide bonds. The third-order valence-electron chi connectivity index (χ3n) is 2.47. The Morgan fingerprint density at radius 1 is 0.947 bits per heavy atom. The molecule has 0 aromatic heterocycles. The molecule has 0 unspecified atom stereocenters. The number of esters is 1. The number of ether oxygens (including phenoxy) is 2. The molecule has 4 nitrogen and oxygen atoms in total. The van der Waals surface area contributed by atoms with E-state index < -0.39 is 0 Å². The quantitative estimate of drug-likeness (QED) is 0.508. The van der Waals surface area contributed by atoms with E-state index in [-0.39, 0.29) is 12.6 Å². The molecule has 0 radical (unpaired) electrons. The number of nitrogens with two attached hydrogens (primary N) is 1. The maximum atomic E-state index is 11.6. The van der Waals surface area contributed by atoms with Crippen LogP contribution in [-0.4, -0.2) is 19.2 Å². The second-order valence-electron chi connectivity index (χ2n) is 3.92. The number of nitrogen functional groups attached to an aromatic ring is 1. The van der Waals surface area contributed by atoms with Crippen LogP contribution in [-0.2, 0) is 4.74 Å². The largest absolute Gasteiger partial charge is 0.490 e. The summed E-state index contributed by atoms with van der Waals surface area (Å²) in [7, 11) is 0. The monoisotopic (exact) mass is 257 g/mol. The average Bonchev–Trinajstić information content (AvgIpc) is 2.45. The van der Waals surface area contributed by atoms with Crippen LogP contribution in [0.25, 0.3) is 0 Å². The fraction of sp³-hybridized carbons (Fsp3) is 0.133. The van der Waals surface area contributed by atoms with Crippen molar-refractivity contribution in [1.82, 2.24) is 0 Å². The summed E-state index contributed by atoms with van der Waals surface area (Å²) in [5.74, 6) is 0.377. The summed E-state index contributed by atoms with van der Waals surface area (Å²) in [4.78, 5) is 11.6. The third kappa shape index (κ3) is 4.03. The molecule has 2 rings (SSSR count). The highest BCUT2D eigenvalue weighted by Gasteiger charge is 2.06. The number of hydrogen-bond acceptors (Lipinski definition) is 4. The highest BCUT2D eigenvalue weighted by molar-refractivity contribution is 5.89. The number of carbonyl (C=O) groups excluding carboxylic acids is 1. The second kappa shape index (κ2) is 6.44. The zero-order valence-electron chi connectivity index (χ0n) is 10.4. The summed E-state index contributed by atoms with van der Waals surface area (Å²) in [6.07, 6.45) is 0. The first-order valence-corrected chi connectivity index (χ1v) is 5.96. The van der Waals surface area contributed by atoms with Crippen LogP contribution in [0.5, 0.6) is 5.75 Å². The normalized spacial score (nSPS) is 9.89. The molecule has 2 N–H and O–H groups in total. The van der Waals surface area contributed by atoms with Gasteiger partial charge in [0.1, 0.15) is 19.0 Å².